The van der Waals surface area contributed by atoms with Crippen LogP contribution in [0.3, 0.4) is 0 Å². The Balaban J connectivity index is 1.36. The molecule has 0 saturated heterocycles. The van der Waals surface area contributed by atoms with Crippen LogP contribution in [0.4, 0.5) is 5.69 Å². The molecular weight excluding hydrogens is 304 g/mol. The number of carbonyl (C=O) groups excluding carboxylic acids is 1. The maximum absolute atomic E-state index is 11.8. The van der Waals surface area contributed by atoms with Crippen molar-refractivity contribution in [3.05, 3.63) is 60.2 Å². The second kappa shape index (κ2) is 8.06. The molecule has 0 saturated carbocycles. The van der Waals surface area contributed by atoms with E-state index in [1.165, 1.54) is 6.08 Å². The van der Waals surface area contributed by atoms with Gasteiger partial charge >= 0.3 is 0 Å². The molecule has 0 bridgehead atoms. The van der Waals surface area contributed by atoms with Crippen molar-refractivity contribution in [3.8, 4) is 11.5 Å². The number of hydrogen-bond acceptors (Lipinski definition) is 4. The van der Waals surface area contributed by atoms with Crippen molar-refractivity contribution >= 4 is 17.7 Å². The van der Waals surface area contributed by atoms with Gasteiger partial charge in [-0.3, -0.25) is 4.79 Å². The molecular formula is C19H20N2O3. The van der Waals surface area contributed by atoms with E-state index in [0.29, 0.717) is 12.3 Å². The van der Waals surface area contributed by atoms with Gasteiger partial charge in [0.2, 0.25) is 12.7 Å². The summed E-state index contributed by atoms with van der Waals surface area (Å²) in [4.78, 5) is 11.8. The lowest BCUT2D eigenvalue weighted by atomic mass is 10.2. The number of ether oxygens (including phenoxy) is 2. The summed E-state index contributed by atoms with van der Waals surface area (Å²) in [5, 5.41) is 6.17. The van der Waals surface area contributed by atoms with Crippen LogP contribution in [0.1, 0.15) is 12.0 Å². The molecule has 0 radical (unpaired) electrons. The van der Waals surface area contributed by atoms with E-state index in [9.17, 15) is 4.79 Å². The third kappa shape index (κ3) is 4.52. The summed E-state index contributed by atoms with van der Waals surface area (Å²) in [7, 11) is 0. The molecule has 1 aliphatic rings. The molecule has 0 atom stereocenters. The Kier molecular flexibility index (Phi) is 5.35. The zero-order chi connectivity index (χ0) is 16.6. The number of benzene rings is 2. The van der Waals surface area contributed by atoms with Crippen molar-refractivity contribution in [2.24, 2.45) is 0 Å². The lowest BCUT2D eigenvalue weighted by Gasteiger charge is -2.06. The summed E-state index contributed by atoms with van der Waals surface area (Å²) in [5.41, 5.74) is 1.99. The van der Waals surface area contributed by atoms with Crippen LogP contribution in [0.2, 0.25) is 0 Å². The molecule has 0 aromatic heterocycles. The maximum Gasteiger partial charge on any atom is 0.244 e. The van der Waals surface area contributed by atoms with Gasteiger partial charge in [-0.25, -0.2) is 0 Å². The predicted octanol–water partition coefficient (Wildman–Crippen LogP) is 3.05. The zero-order valence-electron chi connectivity index (χ0n) is 13.3. The molecule has 124 valence electrons. The molecule has 5 heteroatoms. The van der Waals surface area contributed by atoms with Crippen LogP contribution in [0.15, 0.2) is 54.6 Å². The highest BCUT2D eigenvalue weighted by Gasteiger charge is 2.12. The number of fused-ring (bicyclic) bond motifs is 1. The molecule has 1 amide bonds. The van der Waals surface area contributed by atoms with Gasteiger partial charge in [0, 0.05) is 24.9 Å². The van der Waals surface area contributed by atoms with Crippen LogP contribution in [-0.2, 0) is 4.79 Å². The fourth-order valence-electron chi connectivity index (χ4n) is 2.34. The minimum Gasteiger partial charge on any atom is -0.454 e. The Bertz CT molecular complexity index is 714. The first-order valence-corrected chi connectivity index (χ1v) is 7.96. The van der Waals surface area contributed by atoms with Gasteiger partial charge in [0.1, 0.15) is 0 Å². The average Bonchev–Trinajstić information content (AvgIpc) is 3.08. The van der Waals surface area contributed by atoms with Crippen LogP contribution < -0.4 is 20.1 Å². The van der Waals surface area contributed by atoms with Crippen LogP contribution in [-0.4, -0.2) is 25.8 Å². The van der Waals surface area contributed by atoms with Gasteiger partial charge < -0.3 is 20.1 Å². The molecule has 0 unspecified atom stereocenters. The van der Waals surface area contributed by atoms with Crippen molar-refractivity contribution in [2.75, 3.05) is 25.2 Å². The summed E-state index contributed by atoms with van der Waals surface area (Å²) in [5.74, 6) is 1.35. The Morgan fingerprint density at radius 2 is 1.88 bits per heavy atom. The largest absolute Gasteiger partial charge is 0.454 e. The van der Waals surface area contributed by atoms with Crippen LogP contribution >= 0.6 is 0 Å². The number of rotatable bonds is 7. The molecule has 1 aliphatic heterocycles. The Labute approximate surface area is 141 Å². The second-order valence-corrected chi connectivity index (χ2v) is 5.38. The fourth-order valence-corrected chi connectivity index (χ4v) is 2.34. The lowest BCUT2D eigenvalue weighted by Crippen LogP contribution is -2.23. The first kappa shape index (κ1) is 15.9. The quantitative estimate of drug-likeness (QED) is 0.607. The molecule has 0 aliphatic carbocycles. The Morgan fingerprint density at radius 3 is 2.75 bits per heavy atom. The summed E-state index contributed by atoms with van der Waals surface area (Å²) < 4.78 is 10.6. The molecule has 1 heterocycles. The van der Waals surface area contributed by atoms with Gasteiger partial charge in [0.15, 0.2) is 11.5 Å². The third-order valence-corrected chi connectivity index (χ3v) is 3.58. The number of anilines is 1. The summed E-state index contributed by atoms with van der Waals surface area (Å²) in [6.45, 7) is 1.69. The number of nitrogens with one attached hydrogen (secondary N) is 2. The van der Waals surface area contributed by atoms with Crippen LogP contribution in [0.25, 0.3) is 6.08 Å². The van der Waals surface area contributed by atoms with Crippen molar-refractivity contribution in [3.63, 3.8) is 0 Å². The number of para-hydroxylation sites is 1. The SMILES string of the molecule is O=C(/C=C/c1ccc2c(c1)OCO2)NCCCNc1ccccc1. The third-order valence-electron chi connectivity index (χ3n) is 3.58. The highest BCUT2D eigenvalue weighted by atomic mass is 16.7. The maximum atomic E-state index is 11.8. The molecule has 0 spiro atoms. The van der Waals surface area contributed by atoms with E-state index in [2.05, 4.69) is 10.6 Å². The minimum absolute atomic E-state index is 0.104. The average molecular weight is 324 g/mol. The molecule has 3 rings (SSSR count). The monoisotopic (exact) mass is 324 g/mol. The van der Waals surface area contributed by atoms with Gasteiger partial charge in [-0.1, -0.05) is 24.3 Å². The molecule has 2 aromatic carbocycles. The number of amides is 1. The standard InChI is InChI=1S/C19H20N2O3/c22-19(21-12-4-11-20-16-5-2-1-3-6-16)10-8-15-7-9-17-18(13-15)24-14-23-17/h1-3,5-10,13,20H,4,11-12,14H2,(H,21,22)/b10-8+. The smallest absolute Gasteiger partial charge is 0.244 e. The van der Waals surface area contributed by atoms with Gasteiger partial charge in [0.05, 0.1) is 0 Å². The van der Waals surface area contributed by atoms with E-state index in [0.717, 1.165) is 30.0 Å². The summed E-state index contributed by atoms with van der Waals surface area (Å²) >= 11 is 0. The predicted molar refractivity (Wildman–Crippen MR) is 94.2 cm³/mol. The van der Waals surface area contributed by atoms with Crippen molar-refractivity contribution in [2.45, 2.75) is 6.42 Å². The van der Waals surface area contributed by atoms with E-state index in [1.807, 2.05) is 48.5 Å². The zero-order valence-corrected chi connectivity index (χ0v) is 13.3. The van der Waals surface area contributed by atoms with Crippen molar-refractivity contribution in [1.29, 1.82) is 0 Å². The van der Waals surface area contributed by atoms with Crippen LogP contribution in [0, 0.1) is 0 Å². The van der Waals surface area contributed by atoms with E-state index in [-0.39, 0.29) is 12.7 Å². The molecule has 0 fully saturated rings. The van der Waals surface area contributed by atoms with Gasteiger partial charge in [-0.2, -0.15) is 0 Å². The fraction of sp³-hybridized carbons (Fsp3) is 0.211. The second-order valence-electron chi connectivity index (χ2n) is 5.38. The summed E-state index contributed by atoms with van der Waals surface area (Å²) in [6.07, 6.45) is 4.15. The van der Waals surface area contributed by atoms with E-state index >= 15 is 0 Å². The highest BCUT2D eigenvalue weighted by Crippen LogP contribution is 2.32. The highest BCUT2D eigenvalue weighted by molar-refractivity contribution is 5.91. The van der Waals surface area contributed by atoms with Crippen molar-refractivity contribution < 1.29 is 14.3 Å². The van der Waals surface area contributed by atoms with E-state index < -0.39 is 0 Å². The molecule has 24 heavy (non-hydrogen) atoms. The number of hydrogen-bond donors (Lipinski definition) is 2. The molecule has 2 aromatic rings. The Morgan fingerprint density at radius 1 is 1.04 bits per heavy atom. The minimum atomic E-state index is -0.104. The lowest BCUT2D eigenvalue weighted by molar-refractivity contribution is -0.116. The molecule has 5 nitrogen and oxygen atoms in total. The normalized spacial score (nSPS) is 12.3. The van der Waals surface area contributed by atoms with Gasteiger partial charge in [-0.15, -0.1) is 0 Å². The van der Waals surface area contributed by atoms with Gasteiger partial charge in [0.25, 0.3) is 0 Å². The topological polar surface area (TPSA) is 59.6 Å². The van der Waals surface area contributed by atoms with Crippen LogP contribution in [0.5, 0.6) is 11.5 Å². The van der Waals surface area contributed by atoms with Crippen molar-refractivity contribution in [1.82, 2.24) is 5.32 Å². The van der Waals surface area contributed by atoms with E-state index in [4.69, 9.17) is 9.47 Å². The van der Waals surface area contributed by atoms with Gasteiger partial charge in [-0.05, 0) is 42.3 Å². The van der Waals surface area contributed by atoms with E-state index in [1.54, 1.807) is 6.08 Å². The molecule has 2 N–H and O–H groups in total. The first-order valence-electron chi connectivity index (χ1n) is 7.96. The summed E-state index contributed by atoms with van der Waals surface area (Å²) in [6, 6.07) is 15.6. The number of carbonyl (C=O) groups is 1. The first-order chi connectivity index (χ1) is 11.8. The Hall–Kier alpha value is -2.95.